The van der Waals surface area contributed by atoms with Crippen molar-refractivity contribution < 1.29 is 0 Å². The SMILES string of the molecule is C=C.C=C(C)CC/C=C(\C)C(=C)N1CCC(CCC)(c2ccccc2)CC1.CCC.CCC1CC(C)C(C)(C)C(C)C1.Cc1ccccc1C. The number of rotatable bonds is 9. The highest BCUT2D eigenvalue weighted by molar-refractivity contribution is 5.30. The summed E-state index contributed by atoms with van der Waals surface area (Å²) in [6.45, 7) is 43.8. The van der Waals surface area contributed by atoms with Gasteiger partial charge in [-0.15, -0.1) is 19.7 Å². The van der Waals surface area contributed by atoms with E-state index in [9.17, 15) is 0 Å². The molecule has 0 aromatic heterocycles. The summed E-state index contributed by atoms with van der Waals surface area (Å²) >= 11 is 0. The molecule has 0 spiro atoms. The second-order valence-electron chi connectivity index (χ2n) is 15.9. The van der Waals surface area contributed by atoms with E-state index in [2.05, 4.69) is 175 Å². The molecule has 50 heavy (non-hydrogen) atoms. The van der Waals surface area contributed by atoms with Crippen LogP contribution in [0.2, 0.25) is 0 Å². The molecular formula is C49H81N. The fraction of sp³-hybridized carbons (Fsp3) is 0.592. The summed E-state index contributed by atoms with van der Waals surface area (Å²) in [7, 11) is 0. The normalized spacial score (nSPS) is 20.5. The van der Waals surface area contributed by atoms with Crippen molar-refractivity contribution >= 4 is 0 Å². The molecule has 0 bridgehead atoms. The van der Waals surface area contributed by atoms with Gasteiger partial charge < -0.3 is 4.90 Å². The van der Waals surface area contributed by atoms with Crippen LogP contribution in [-0.2, 0) is 5.41 Å². The van der Waals surface area contributed by atoms with Gasteiger partial charge >= 0.3 is 0 Å². The Balaban J connectivity index is 0.000000789. The number of hydrogen-bond acceptors (Lipinski definition) is 1. The van der Waals surface area contributed by atoms with Crippen molar-refractivity contribution in [1.82, 2.24) is 4.90 Å². The zero-order valence-electron chi connectivity index (χ0n) is 35.3. The predicted octanol–water partition coefficient (Wildman–Crippen LogP) is 15.3. The average molecular weight is 684 g/mol. The number of aryl methyl sites for hydroxylation is 2. The van der Waals surface area contributed by atoms with Crippen LogP contribution in [-0.4, -0.2) is 18.0 Å². The molecule has 0 radical (unpaired) electrons. The molecule has 1 saturated heterocycles. The largest absolute Gasteiger partial charge is 0.372 e. The van der Waals surface area contributed by atoms with Gasteiger partial charge in [-0.25, -0.2) is 0 Å². The van der Waals surface area contributed by atoms with E-state index in [1.165, 1.54) is 84.9 Å². The Morgan fingerprint density at radius 2 is 1.26 bits per heavy atom. The summed E-state index contributed by atoms with van der Waals surface area (Å²) < 4.78 is 0. The molecule has 1 saturated carbocycles. The number of benzene rings is 2. The summed E-state index contributed by atoms with van der Waals surface area (Å²) in [6.07, 6.45) is 15.0. The minimum Gasteiger partial charge on any atom is -0.372 e. The maximum absolute atomic E-state index is 4.38. The molecular weight excluding hydrogens is 603 g/mol. The monoisotopic (exact) mass is 684 g/mol. The number of allylic oxidation sites excluding steroid dienone is 3. The number of nitrogens with zero attached hydrogens (tertiary/aromatic N) is 1. The highest BCUT2D eigenvalue weighted by atomic mass is 15.1. The average Bonchev–Trinajstić information content (AvgIpc) is 3.10. The molecule has 1 heterocycles. The zero-order valence-corrected chi connectivity index (χ0v) is 35.3. The van der Waals surface area contributed by atoms with Gasteiger partial charge in [-0.3, -0.25) is 0 Å². The maximum atomic E-state index is 4.38. The van der Waals surface area contributed by atoms with Crippen LogP contribution in [0, 0.1) is 37.0 Å². The Morgan fingerprint density at radius 1 is 0.800 bits per heavy atom. The fourth-order valence-corrected chi connectivity index (χ4v) is 7.25. The molecule has 2 fully saturated rings. The predicted molar refractivity (Wildman–Crippen MR) is 229 cm³/mol. The Labute approximate surface area is 313 Å². The first-order valence-electron chi connectivity index (χ1n) is 20.0. The Bertz CT molecular complexity index is 1190. The Hall–Kier alpha value is -2.80. The van der Waals surface area contributed by atoms with Crippen LogP contribution >= 0.6 is 0 Å². The van der Waals surface area contributed by atoms with Crippen LogP contribution in [0.25, 0.3) is 0 Å². The Morgan fingerprint density at radius 3 is 1.66 bits per heavy atom. The highest BCUT2D eigenvalue weighted by Gasteiger charge is 2.38. The summed E-state index contributed by atoms with van der Waals surface area (Å²) in [4.78, 5) is 2.49. The number of likely N-dealkylation sites (tertiary alicyclic amines) is 1. The molecule has 1 aliphatic carbocycles. The highest BCUT2D eigenvalue weighted by Crippen LogP contribution is 2.47. The molecule has 2 unspecified atom stereocenters. The quantitative estimate of drug-likeness (QED) is 0.188. The van der Waals surface area contributed by atoms with Gasteiger partial charge in [0.1, 0.15) is 0 Å². The third-order valence-corrected chi connectivity index (χ3v) is 11.6. The minimum absolute atomic E-state index is 0.352. The first-order valence-corrected chi connectivity index (χ1v) is 20.0. The molecule has 2 aliphatic rings. The molecule has 2 atom stereocenters. The lowest BCUT2D eigenvalue weighted by molar-refractivity contribution is 0.0462. The third-order valence-electron chi connectivity index (χ3n) is 11.6. The maximum Gasteiger partial charge on any atom is 0.0319 e. The van der Waals surface area contributed by atoms with Crippen molar-refractivity contribution in [1.29, 1.82) is 0 Å². The summed E-state index contributed by atoms with van der Waals surface area (Å²) in [6, 6.07) is 19.5. The van der Waals surface area contributed by atoms with Gasteiger partial charge in [0.25, 0.3) is 0 Å². The third kappa shape index (κ3) is 16.0. The lowest BCUT2D eigenvalue weighted by Crippen LogP contribution is -2.42. The van der Waals surface area contributed by atoms with E-state index < -0.39 is 0 Å². The smallest absolute Gasteiger partial charge is 0.0319 e. The summed E-state index contributed by atoms with van der Waals surface area (Å²) in [5, 5.41) is 0. The van der Waals surface area contributed by atoms with Gasteiger partial charge in [0.2, 0.25) is 0 Å². The van der Waals surface area contributed by atoms with E-state index >= 15 is 0 Å². The molecule has 282 valence electrons. The van der Waals surface area contributed by atoms with Crippen molar-refractivity contribution in [3.63, 3.8) is 0 Å². The zero-order chi connectivity index (χ0) is 38.3. The van der Waals surface area contributed by atoms with E-state index in [-0.39, 0.29) is 0 Å². The standard InChI is InChI=1S/C24H35N.C12H24.C8H10.C3H8.C2H4/c1-6-15-24(23-13-8-7-9-14-23)16-18-25(19-17-24)22(5)21(4)12-10-11-20(2)3;1-6-11-7-9(2)12(4,5)10(3)8-11;1-7-5-3-4-6-8(7)2;1-3-2;1-2/h7-9,12-14H,2,5-6,10-11,15-19H2,1,3-4H3;9-11H,6-8H2,1-5H3;3-6H,1-2H3;3H2,1-2H3;1-2H2/b21-12+;;;;. The molecule has 4 rings (SSSR count). The molecule has 1 nitrogen and oxygen atoms in total. The van der Waals surface area contributed by atoms with Crippen LogP contribution in [0.4, 0.5) is 0 Å². The van der Waals surface area contributed by atoms with Gasteiger partial charge in [0.15, 0.2) is 0 Å². The Kier molecular flexibility index (Phi) is 23.8. The lowest BCUT2D eigenvalue weighted by Gasteiger charge is -2.45. The van der Waals surface area contributed by atoms with Crippen molar-refractivity contribution in [3.8, 4) is 0 Å². The van der Waals surface area contributed by atoms with Crippen LogP contribution in [0.3, 0.4) is 0 Å². The van der Waals surface area contributed by atoms with Crippen molar-refractivity contribution in [2.45, 2.75) is 153 Å². The van der Waals surface area contributed by atoms with Crippen LogP contribution in [0.15, 0.2) is 104 Å². The van der Waals surface area contributed by atoms with E-state index in [4.69, 9.17) is 0 Å². The van der Waals surface area contributed by atoms with Crippen LogP contribution < -0.4 is 0 Å². The fourth-order valence-electron chi connectivity index (χ4n) is 7.25. The van der Waals surface area contributed by atoms with Gasteiger partial charge in [0, 0.05) is 18.8 Å². The van der Waals surface area contributed by atoms with Gasteiger partial charge in [0.05, 0.1) is 0 Å². The number of hydrogen-bond donors (Lipinski definition) is 0. The molecule has 1 aliphatic heterocycles. The van der Waals surface area contributed by atoms with E-state index in [0.717, 1.165) is 43.7 Å². The molecule has 2 aromatic carbocycles. The first kappa shape index (κ1) is 47.2. The van der Waals surface area contributed by atoms with Crippen molar-refractivity contribution in [2.24, 2.45) is 23.2 Å². The first-order chi connectivity index (χ1) is 23.7. The van der Waals surface area contributed by atoms with E-state index in [1.807, 2.05) is 0 Å². The second kappa shape index (κ2) is 25.2. The van der Waals surface area contributed by atoms with E-state index in [1.54, 1.807) is 0 Å². The topological polar surface area (TPSA) is 3.24 Å². The van der Waals surface area contributed by atoms with Crippen molar-refractivity contribution in [2.75, 3.05) is 13.1 Å². The summed E-state index contributed by atoms with van der Waals surface area (Å²) in [5.41, 5.74) is 8.97. The van der Waals surface area contributed by atoms with Gasteiger partial charge in [-0.05, 0) is 123 Å². The van der Waals surface area contributed by atoms with Gasteiger partial charge in [-0.1, -0.05) is 147 Å². The molecule has 1 heteroatoms. The molecule has 0 N–H and O–H groups in total. The minimum atomic E-state index is 0.352. The molecule has 2 aromatic rings. The van der Waals surface area contributed by atoms with Crippen molar-refractivity contribution in [3.05, 3.63) is 121 Å². The van der Waals surface area contributed by atoms with Crippen LogP contribution in [0.1, 0.15) is 150 Å². The van der Waals surface area contributed by atoms with Gasteiger partial charge in [-0.2, -0.15) is 0 Å². The molecule has 0 amide bonds. The lowest BCUT2D eigenvalue weighted by atomic mass is 9.60. The van der Waals surface area contributed by atoms with E-state index in [0.29, 0.717) is 10.8 Å². The number of piperidine rings is 1. The second-order valence-corrected chi connectivity index (χ2v) is 15.9. The summed E-state index contributed by atoms with van der Waals surface area (Å²) in [5.74, 6) is 2.82. The van der Waals surface area contributed by atoms with Crippen LogP contribution in [0.5, 0.6) is 0 Å².